The first-order valence-electron chi connectivity index (χ1n) is 4.90. The van der Waals surface area contributed by atoms with Gasteiger partial charge in [-0.15, -0.1) is 0 Å². The highest BCUT2D eigenvalue weighted by atomic mass is 16.5. The van der Waals surface area contributed by atoms with E-state index < -0.39 is 5.97 Å². The molecule has 0 saturated carbocycles. The van der Waals surface area contributed by atoms with E-state index in [2.05, 4.69) is 4.74 Å². The first-order chi connectivity index (χ1) is 7.01. The first kappa shape index (κ1) is 11.8. The van der Waals surface area contributed by atoms with Crippen molar-refractivity contribution in [1.82, 2.24) is 0 Å². The van der Waals surface area contributed by atoms with Crippen molar-refractivity contribution >= 4 is 5.97 Å². The number of carbonyl (C=O) groups is 1. The molecule has 1 rings (SSSR count). The number of nitrogens with two attached hydrogens (primary N) is 1. The van der Waals surface area contributed by atoms with Gasteiger partial charge in [-0.3, -0.25) is 0 Å². The summed E-state index contributed by atoms with van der Waals surface area (Å²) in [6, 6.07) is 3.42. The lowest BCUT2D eigenvalue weighted by molar-refractivity contribution is 0.0561. The van der Waals surface area contributed by atoms with Gasteiger partial charge in [-0.05, 0) is 25.1 Å². The Morgan fingerprint density at radius 2 is 2.20 bits per heavy atom. The van der Waals surface area contributed by atoms with Crippen molar-refractivity contribution in [3.8, 4) is 0 Å². The molecule has 1 heterocycles. The molecule has 1 aromatic heterocycles. The summed E-state index contributed by atoms with van der Waals surface area (Å²) in [4.78, 5) is 11.2. The van der Waals surface area contributed by atoms with Crippen LogP contribution in [0.2, 0.25) is 0 Å². The maximum Gasteiger partial charge on any atom is 0.373 e. The van der Waals surface area contributed by atoms with Crippen LogP contribution >= 0.6 is 0 Å². The van der Waals surface area contributed by atoms with E-state index in [4.69, 9.17) is 10.2 Å². The van der Waals surface area contributed by atoms with E-state index in [0.29, 0.717) is 6.54 Å². The second-order valence-electron chi connectivity index (χ2n) is 4.08. The largest absolute Gasteiger partial charge is 0.463 e. The van der Waals surface area contributed by atoms with Crippen molar-refractivity contribution in [3.63, 3.8) is 0 Å². The second kappa shape index (κ2) is 4.49. The molecule has 4 nitrogen and oxygen atoms in total. The van der Waals surface area contributed by atoms with Gasteiger partial charge in [-0.2, -0.15) is 0 Å². The number of carbonyl (C=O) groups excluding carboxylic acids is 1. The predicted octanol–water partition coefficient (Wildman–Crippen LogP) is 1.69. The average Bonchev–Trinajstić information content (AvgIpc) is 2.66. The van der Waals surface area contributed by atoms with Crippen molar-refractivity contribution in [2.75, 3.05) is 13.7 Å². The Labute approximate surface area is 89.4 Å². The zero-order valence-electron chi connectivity index (χ0n) is 9.37. The summed E-state index contributed by atoms with van der Waals surface area (Å²) in [5, 5.41) is 0. The molecule has 0 spiro atoms. The van der Waals surface area contributed by atoms with Crippen molar-refractivity contribution in [3.05, 3.63) is 23.7 Å². The van der Waals surface area contributed by atoms with Gasteiger partial charge in [-0.25, -0.2) is 4.79 Å². The van der Waals surface area contributed by atoms with Gasteiger partial charge >= 0.3 is 5.97 Å². The van der Waals surface area contributed by atoms with Gasteiger partial charge in [0.2, 0.25) is 5.76 Å². The Hall–Kier alpha value is -1.29. The second-order valence-corrected chi connectivity index (χ2v) is 4.08. The van der Waals surface area contributed by atoms with Crippen molar-refractivity contribution in [1.29, 1.82) is 0 Å². The molecule has 0 radical (unpaired) electrons. The van der Waals surface area contributed by atoms with E-state index in [1.807, 2.05) is 13.8 Å². The zero-order valence-corrected chi connectivity index (χ0v) is 9.37. The fourth-order valence-corrected chi connectivity index (χ4v) is 1.40. The van der Waals surface area contributed by atoms with Crippen molar-refractivity contribution in [2.45, 2.75) is 25.7 Å². The van der Waals surface area contributed by atoms with E-state index in [1.54, 1.807) is 12.1 Å². The number of methoxy groups -OCH3 is 1. The Balaban J connectivity index is 2.88. The summed E-state index contributed by atoms with van der Waals surface area (Å²) in [6.07, 6.45) is 0.807. The highest BCUT2D eigenvalue weighted by Crippen LogP contribution is 2.28. The smallest absolute Gasteiger partial charge is 0.373 e. The molecule has 0 amide bonds. The van der Waals surface area contributed by atoms with Crippen molar-refractivity contribution in [2.24, 2.45) is 5.73 Å². The molecule has 2 N–H and O–H groups in total. The molecule has 15 heavy (non-hydrogen) atoms. The van der Waals surface area contributed by atoms with E-state index >= 15 is 0 Å². The summed E-state index contributed by atoms with van der Waals surface area (Å²) in [6.45, 7) is 4.64. The number of ether oxygens (including phenoxy) is 1. The Kier molecular flexibility index (Phi) is 3.52. The number of hydrogen-bond donors (Lipinski definition) is 1. The van der Waals surface area contributed by atoms with Gasteiger partial charge in [0.25, 0.3) is 0 Å². The molecule has 84 valence electrons. The van der Waals surface area contributed by atoms with Gasteiger partial charge in [0.1, 0.15) is 5.76 Å². The summed E-state index contributed by atoms with van der Waals surface area (Å²) in [5.41, 5.74) is 5.36. The van der Waals surface area contributed by atoms with Gasteiger partial charge < -0.3 is 14.9 Å². The summed E-state index contributed by atoms with van der Waals surface area (Å²) in [5.74, 6) is 0.538. The minimum atomic E-state index is -0.454. The Morgan fingerprint density at radius 1 is 1.53 bits per heavy atom. The lowest BCUT2D eigenvalue weighted by Crippen LogP contribution is -2.20. The van der Waals surface area contributed by atoms with Crippen LogP contribution in [0, 0.1) is 0 Å². The molecule has 0 fully saturated rings. The molecule has 0 unspecified atom stereocenters. The fourth-order valence-electron chi connectivity index (χ4n) is 1.40. The Bertz CT molecular complexity index is 341. The molecule has 0 aliphatic heterocycles. The monoisotopic (exact) mass is 211 g/mol. The van der Waals surface area contributed by atoms with Crippen LogP contribution in [-0.4, -0.2) is 19.6 Å². The number of rotatable bonds is 4. The topological polar surface area (TPSA) is 65.5 Å². The molecule has 4 heteroatoms. The summed E-state index contributed by atoms with van der Waals surface area (Å²) < 4.78 is 9.99. The Morgan fingerprint density at radius 3 is 2.73 bits per heavy atom. The van der Waals surface area contributed by atoms with Crippen molar-refractivity contribution < 1.29 is 13.9 Å². The third kappa shape index (κ3) is 2.59. The van der Waals surface area contributed by atoms with Crippen LogP contribution in [0.4, 0.5) is 0 Å². The van der Waals surface area contributed by atoms with Crippen LogP contribution in [0.5, 0.6) is 0 Å². The van der Waals surface area contributed by atoms with Crippen LogP contribution in [0.1, 0.15) is 36.6 Å². The SMILES string of the molecule is COC(=O)c1ccc(C(C)(C)CCN)o1. The molecular formula is C11H17NO3. The van der Waals surface area contributed by atoms with Gasteiger partial charge in [0, 0.05) is 5.41 Å². The predicted molar refractivity (Wildman–Crippen MR) is 56.7 cm³/mol. The molecule has 0 saturated heterocycles. The van der Waals surface area contributed by atoms with Gasteiger partial charge in [0.05, 0.1) is 7.11 Å². The van der Waals surface area contributed by atoms with Gasteiger partial charge in [-0.1, -0.05) is 13.8 Å². The fraction of sp³-hybridized carbons (Fsp3) is 0.545. The average molecular weight is 211 g/mol. The van der Waals surface area contributed by atoms with Crippen LogP contribution in [0.25, 0.3) is 0 Å². The maximum atomic E-state index is 11.2. The third-order valence-corrected chi connectivity index (χ3v) is 2.43. The van der Waals surface area contributed by atoms with Crippen LogP contribution in [-0.2, 0) is 10.2 Å². The highest BCUT2D eigenvalue weighted by molar-refractivity contribution is 5.86. The minimum absolute atomic E-state index is 0.152. The minimum Gasteiger partial charge on any atom is -0.463 e. The van der Waals surface area contributed by atoms with E-state index in [1.165, 1.54) is 7.11 Å². The molecule has 0 aliphatic carbocycles. The van der Waals surface area contributed by atoms with E-state index in [-0.39, 0.29) is 11.2 Å². The normalized spacial score (nSPS) is 11.5. The van der Waals surface area contributed by atoms with Gasteiger partial charge in [0.15, 0.2) is 0 Å². The first-order valence-corrected chi connectivity index (χ1v) is 4.90. The lowest BCUT2D eigenvalue weighted by atomic mass is 9.87. The molecule has 0 aromatic carbocycles. The molecule has 0 aliphatic rings. The summed E-state index contributed by atoms with van der Waals surface area (Å²) >= 11 is 0. The zero-order chi connectivity index (χ0) is 11.5. The highest BCUT2D eigenvalue weighted by Gasteiger charge is 2.25. The number of hydrogen-bond acceptors (Lipinski definition) is 4. The molecule has 0 atom stereocenters. The number of esters is 1. The van der Waals surface area contributed by atoms with E-state index in [9.17, 15) is 4.79 Å². The third-order valence-electron chi connectivity index (χ3n) is 2.43. The van der Waals surface area contributed by atoms with Crippen LogP contribution in [0.3, 0.4) is 0 Å². The number of furan rings is 1. The quantitative estimate of drug-likeness (QED) is 0.770. The molecule has 1 aromatic rings. The molecule has 0 bridgehead atoms. The lowest BCUT2D eigenvalue weighted by Gasteiger charge is -2.20. The van der Waals surface area contributed by atoms with E-state index in [0.717, 1.165) is 12.2 Å². The standard InChI is InChI=1S/C11H17NO3/c1-11(2,6-7-12)9-5-4-8(15-9)10(13)14-3/h4-5H,6-7,12H2,1-3H3. The summed E-state index contributed by atoms with van der Waals surface area (Å²) in [7, 11) is 1.33. The van der Waals surface area contributed by atoms with Crippen LogP contribution in [0.15, 0.2) is 16.5 Å². The maximum absolute atomic E-state index is 11.2. The molecular weight excluding hydrogens is 194 g/mol. The van der Waals surface area contributed by atoms with Crippen LogP contribution < -0.4 is 5.73 Å².